The summed E-state index contributed by atoms with van der Waals surface area (Å²) >= 11 is 0. The highest BCUT2D eigenvalue weighted by atomic mass is 16.5. The van der Waals surface area contributed by atoms with Gasteiger partial charge in [-0.1, -0.05) is 34.6 Å². The van der Waals surface area contributed by atoms with Crippen molar-refractivity contribution in [3.8, 4) is 5.75 Å². The van der Waals surface area contributed by atoms with Crippen molar-refractivity contribution in [1.82, 2.24) is 9.97 Å². The summed E-state index contributed by atoms with van der Waals surface area (Å²) in [5.74, 6) is 2.30. The number of ether oxygens (including phenoxy) is 1. The standard InChI is InChI=1S/C17H28N2O2/c1-11(2)16-18-9-15(14(10-20)19-16)21-13-6-12(3)7-17(4,5)8-13/h9,11-13,20H,6-8,10H2,1-5H3. The lowest BCUT2D eigenvalue weighted by atomic mass is 9.71. The molecule has 1 aliphatic carbocycles. The van der Waals surface area contributed by atoms with Crippen LogP contribution in [-0.4, -0.2) is 21.2 Å². The molecule has 0 amide bonds. The highest BCUT2D eigenvalue weighted by molar-refractivity contribution is 5.25. The summed E-state index contributed by atoms with van der Waals surface area (Å²) < 4.78 is 6.13. The molecule has 0 radical (unpaired) electrons. The van der Waals surface area contributed by atoms with Crippen LogP contribution < -0.4 is 4.74 Å². The smallest absolute Gasteiger partial charge is 0.161 e. The SMILES string of the molecule is CC1CC(Oc2cnc(C(C)C)nc2CO)CC(C)(C)C1. The summed E-state index contributed by atoms with van der Waals surface area (Å²) in [7, 11) is 0. The quantitative estimate of drug-likeness (QED) is 0.919. The van der Waals surface area contributed by atoms with Crippen LogP contribution in [-0.2, 0) is 6.61 Å². The molecule has 4 nitrogen and oxygen atoms in total. The highest BCUT2D eigenvalue weighted by Gasteiger charge is 2.33. The molecule has 0 saturated heterocycles. The Kier molecular flexibility index (Phi) is 4.87. The predicted molar refractivity (Wildman–Crippen MR) is 83.3 cm³/mol. The van der Waals surface area contributed by atoms with Crippen LogP contribution in [0.4, 0.5) is 0 Å². The number of hydrogen-bond acceptors (Lipinski definition) is 4. The van der Waals surface area contributed by atoms with E-state index in [1.807, 2.05) is 13.8 Å². The molecule has 2 unspecified atom stereocenters. The Hall–Kier alpha value is -1.16. The van der Waals surface area contributed by atoms with E-state index in [2.05, 4.69) is 30.7 Å². The van der Waals surface area contributed by atoms with Crippen LogP contribution in [0.3, 0.4) is 0 Å². The topological polar surface area (TPSA) is 55.2 Å². The lowest BCUT2D eigenvalue weighted by Crippen LogP contribution is -2.34. The number of hydrogen-bond donors (Lipinski definition) is 1. The highest BCUT2D eigenvalue weighted by Crippen LogP contribution is 2.40. The summed E-state index contributed by atoms with van der Waals surface area (Å²) in [6.45, 7) is 10.9. The molecule has 1 fully saturated rings. The molecule has 0 aliphatic heterocycles. The Morgan fingerprint density at radius 3 is 2.67 bits per heavy atom. The Balaban J connectivity index is 2.15. The summed E-state index contributed by atoms with van der Waals surface area (Å²) in [5.41, 5.74) is 0.908. The maximum atomic E-state index is 9.54. The second-order valence-corrected chi connectivity index (χ2v) is 7.51. The Bertz CT molecular complexity index is 486. The Morgan fingerprint density at radius 2 is 2.10 bits per heavy atom. The minimum Gasteiger partial charge on any atom is -0.487 e. The second-order valence-electron chi connectivity index (χ2n) is 7.51. The first kappa shape index (κ1) is 16.2. The van der Waals surface area contributed by atoms with Gasteiger partial charge < -0.3 is 9.84 Å². The van der Waals surface area contributed by atoms with Crippen LogP contribution in [0.2, 0.25) is 0 Å². The maximum absolute atomic E-state index is 9.54. The minimum absolute atomic E-state index is 0.108. The van der Waals surface area contributed by atoms with Gasteiger partial charge in [0.05, 0.1) is 18.9 Å². The van der Waals surface area contributed by atoms with Crippen molar-refractivity contribution in [2.45, 2.75) is 72.5 Å². The lowest BCUT2D eigenvalue weighted by molar-refractivity contribution is 0.0540. The molecule has 21 heavy (non-hydrogen) atoms. The van der Waals surface area contributed by atoms with Gasteiger partial charge in [-0.25, -0.2) is 9.97 Å². The summed E-state index contributed by atoms with van der Waals surface area (Å²) in [4.78, 5) is 8.79. The molecule has 0 spiro atoms. The van der Waals surface area contributed by atoms with Crippen LogP contribution in [0.25, 0.3) is 0 Å². The predicted octanol–water partition coefficient (Wildman–Crippen LogP) is 3.69. The number of aliphatic hydroxyl groups excluding tert-OH is 1. The van der Waals surface area contributed by atoms with E-state index in [4.69, 9.17) is 4.74 Å². The zero-order valence-corrected chi connectivity index (χ0v) is 13.9. The molecule has 118 valence electrons. The summed E-state index contributed by atoms with van der Waals surface area (Å²) in [6, 6.07) is 0. The monoisotopic (exact) mass is 292 g/mol. The van der Waals surface area contributed by atoms with Crippen molar-refractivity contribution in [2.24, 2.45) is 11.3 Å². The zero-order chi connectivity index (χ0) is 15.6. The van der Waals surface area contributed by atoms with Gasteiger partial charge in [0.15, 0.2) is 5.75 Å². The van der Waals surface area contributed by atoms with Crippen LogP contribution in [0.15, 0.2) is 6.20 Å². The molecular weight excluding hydrogens is 264 g/mol. The summed E-state index contributed by atoms with van der Waals surface area (Å²) in [6.07, 6.45) is 5.24. The van der Waals surface area contributed by atoms with E-state index in [9.17, 15) is 5.11 Å². The average Bonchev–Trinajstić information content (AvgIpc) is 2.36. The van der Waals surface area contributed by atoms with Gasteiger partial charge in [-0.05, 0) is 30.6 Å². The molecule has 4 heteroatoms. The van der Waals surface area contributed by atoms with Crippen LogP contribution in [0, 0.1) is 11.3 Å². The fourth-order valence-electron chi connectivity index (χ4n) is 3.44. The molecule has 0 bridgehead atoms. The number of aliphatic hydroxyl groups is 1. The van der Waals surface area contributed by atoms with E-state index >= 15 is 0 Å². The van der Waals surface area contributed by atoms with Crippen molar-refractivity contribution in [3.63, 3.8) is 0 Å². The molecule has 1 heterocycles. The maximum Gasteiger partial charge on any atom is 0.161 e. The van der Waals surface area contributed by atoms with Gasteiger partial charge in [0.25, 0.3) is 0 Å². The van der Waals surface area contributed by atoms with Crippen molar-refractivity contribution >= 4 is 0 Å². The van der Waals surface area contributed by atoms with Crippen molar-refractivity contribution in [2.75, 3.05) is 0 Å². The largest absolute Gasteiger partial charge is 0.487 e. The van der Waals surface area contributed by atoms with Crippen LogP contribution >= 0.6 is 0 Å². The first-order valence-corrected chi connectivity index (χ1v) is 7.94. The molecule has 2 rings (SSSR count). The van der Waals surface area contributed by atoms with Crippen molar-refractivity contribution in [1.29, 1.82) is 0 Å². The zero-order valence-electron chi connectivity index (χ0n) is 13.9. The van der Waals surface area contributed by atoms with Gasteiger partial charge >= 0.3 is 0 Å². The summed E-state index contributed by atoms with van der Waals surface area (Å²) in [5, 5.41) is 9.54. The second kappa shape index (κ2) is 6.30. The van der Waals surface area contributed by atoms with E-state index in [1.165, 1.54) is 6.42 Å². The van der Waals surface area contributed by atoms with Gasteiger partial charge in [0.2, 0.25) is 0 Å². The molecular formula is C17H28N2O2. The van der Waals surface area contributed by atoms with Gasteiger partial charge in [0.1, 0.15) is 11.5 Å². The Morgan fingerprint density at radius 1 is 1.38 bits per heavy atom. The van der Waals surface area contributed by atoms with Crippen molar-refractivity contribution < 1.29 is 9.84 Å². The third-order valence-electron chi connectivity index (χ3n) is 4.15. The van der Waals surface area contributed by atoms with Gasteiger partial charge in [-0.2, -0.15) is 0 Å². The van der Waals surface area contributed by atoms with Gasteiger partial charge in [-0.3, -0.25) is 0 Å². The van der Waals surface area contributed by atoms with Crippen molar-refractivity contribution in [3.05, 3.63) is 17.7 Å². The molecule has 1 aromatic rings. The van der Waals surface area contributed by atoms with E-state index in [-0.39, 0.29) is 18.6 Å². The third kappa shape index (κ3) is 4.16. The molecule has 1 aliphatic rings. The van der Waals surface area contributed by atoms with Crippen LogP contribution in [0.1, 0.15) is 71.3 Å². The minimum atomic E-state index is -0.108. The molecule has 0 aromatic carbocycles. The molecule has 1 aromatic heterocycles. The normalized spacial score (nSPS) is 25.1. The third-order valence-corrected chi connectivity index (χ3v) is 4.15. The number of aromatic nitrogens is 2. The number of nitrogens with zero attached hydrogens (tertiary/aromatic N) is 2. The van der Waals surface area contributed by atoms with Gasteiger partial charge in [-0.15, -0.1) is 0 Å². The first-order chi connectivity index (χ1) is 9.80. The van der Waals surface area contributed by atoms with E-state index in [1.54, 1.807) is 6.20 Å². The average molecular weight is 292 g/mol. The Labute approximate surface area is 128 Å². The fourth-order valence-corrected chi connectivity index (χ4v) is 3.44. The fraction of sp³-hybridized carbons (Fsp3) is 0.765. The lowest BCUT2D eigenvalue weighted by Gasteiger charge is -2.38. The van der Waals surface area contributed by atoms with E-state index in [0.29, 0.717) is 22.8 Å². The van der Waals surface area contributed by atoms with Gasteiger partial charge in [0, 0.05) is 5.92 Å². The molecule has 1 saturated carbocycles. The van der Waals surface area contributed by atoms with E-state index in [0.717, 1.165) is 18.7 Å². The number of rotatable bonds is 4. The molecule has 1 N–H and O–H groups in total. The van der Waals surface area contributed by atoms with E-state index < -0.39 is 0 Å². The van der Waals surface area contributed by atoms with Crippen LogP contribution in [0.5, 0.6) is 5.75 Å². The molecule has 2 atom stereocenters. The first-order valence-electron chi connectivity index (χ1n) is 7.94.